The number of fused-ring (bicyclic) bond motifs is 1. The molecule has 2 atom stereocenters. The van der Waals surface area contributed by atoms with Crippen LogP contribution in [-0.4, -0.2) is 9.97 Å². The van der Waals surface area contributed by atoms with Crippen LogP contribution < -0.4 is 5.32 Å². The fraction of sp³-hybridized carbons (Fsp3) is 0.417. The topological polar surface area (TPSA) is 37.8 Å². The summed E-state index contributed by atoms with van der Waals surface area (Å²) in [5.74, 6) is 1.51. The number of nitrogens with zero attached hydrogens (tertiary/aromatic N) is 2. The van der Waals surface area contributed by atoms with Crippen LogP contribution in [0.15, 0.2) is 29.6 Å². The first kappa shape index (κ1) is 21.6. The van der Waals surface area contributed by atoms with Gasteiger partial charge in [-0.25, -0.2) is 9.97 Å². The second-order valence-electron chi connectivity index (χ2n) is 7.77. The number of rotatable bonds is 6. The zero-order chi connectivity index (χ0) is 21.3. The van der Waals surface area contributed by atoms with Gasteiger partial charge in [0.05, 0.1) is 28.1 Å². The second-order valence-corrected chi connectivity index (χ2v) is 9.62. The van der Waals surface area contributed by atoms with Crippen LogP contribution in [0.25, 0.3) is 11.3 Å². The van der Waals surface area contributed by atoms with E-state index in [0.29, 0.717) is 22.0 Å². The van der Waals surface area contributed by atoms with Gasteiger partial charge in [0.15, 0.2) is 0 Å². The summed E-state index contributed by atoms with van der Waals surface area (Å²) in [5, 5.41) is 7.25. The number of hydrogen-bond donors (Lipinski definition) is 1. The van der Waals surface area contributed by atoms with E-state index in [-0.39, 0.29) is 0 Å². The van der Waals surface area contributed by atoms with Gasteiger partial charge in [-0.3, -0.25) is 0 Å². The highest BCUT2D eigenvalue weighted by Gasteiger charge is 2.30. The van der Waals surface area contributed by atoms with Crippen LogP contribution >= 0.6 is 34.5 Å². The van der Waals surface area contributed by atoms with Crippen molar-refractivity contribution < 1.29 is 0 Å². The number of anilines is 1. The van der Waals surface area contributed by atoms with Gasteiger partial charge in [-0.1, -0.05) is 50.4 Å². The van der Waals surface area contributed by atoms with Crippen molar-refractivity contribution in [1.29, 1.82) is 0 Å². The van der Waals surface area contributed by atoms with E-state index >= 15 is 0 Å². The number of aromatic nitrogens is 2. The molecule has 1 aliphatic carbocycles. The first-order valence-corrected chi connectivity index (χ1v) is 12.4. The zero-order valence-electron chi connectivity index (χ0n) is 17.6. The van der Waals surface area contributed by atoms with Crippen LogP contribution in [-0.2, 0) is 19.3 Å². The Morgan fingerprint density at radius 2 is 1.87 bits per heavy atom. The first-order chi connectivity index (χ1) is 14.5. The molecule has 0 spiro atoms. The largest absolute Gasteiger partial charge is 0.361 e. The van der Waals surface area contributed by atoms with E-state index in [1.54, 1.807) is 6.07 Å². The number of hydrogen-bond acceptors (Lipinski definition) is 4. The molecule has 0 aliphatic heterocycles. The molecule has 1 N–H and O–H groups in total. The lowest BCUT2D eigenvalue weighted by molar-refractivity contribution is 0.389. The van der Waals surface area contributed by atoms with Gasteiger partial charge in [-0.2, -0.15) is 0 Å². The average Bonchev–Trinajstić information content (AvgIpc) is 3.23. The fourth-order valence-corrected chi connectivity index (χ4v) is 5.80. The van der Waals surface area contributed by atoms with E-state index in [1.165, 1.54) is 23.3 Å². The first-order valence-electron chi connectivity index (χ1n) is 10.7. The Hall–Kier alpha value is -1.62. The summed E-state index contributed by atoms with van der Waals surface area (Å²) in [6.07, 6.45) is 5.14. The molecule has 0 saturated heterocycles. The number of thiophene rings is 1. The maximum atomic E-state index is 6.50. The third-order valence-corrected chi connectivity index (χ3v) is 7.59. The molecule has 4 rings (SSSR count). The van der Waals surface area contributed by atoms with Crippen molar-refractivity contribution in [2.24, 2.45) is 5.92 Å². The molecule has 2 aromatic heterocycles. The van der Waals surface area contributed by atoms with Crippen LogP contribution in [0.5, 0.6) is 0 Å². The van der Waals surface area contributed by atoms with Crippen LogP contribution in [0.1, 0.15) is 61.5 Å². The monoisotopic (exact) mass is 459 g/mol. The molecule has 0 radical (unpaired) electrons. The minimum atomic E-state index is 0.291. The minimum Gasteiger partial charge on any atom is -0.361 e. The second kappa shape index (κ2) is 9.25. The van der Waals surface area contributed by atoms with Gasteiger partial charge in [-0.05, 0) is 66.8 Å². The molecule has 1 aliphatic rings. The minimum absolute atomic E-state index is 0.291. The van der Waals surface area contributed by atoms with Crippen molar-refractivity contribution in [3.63, 3.8) is 0 Å². The summed E-state index contributed by atoms with van der Waals surface area (Å²) in [6.45, 7) is 6.52. The lowest BCUT2D eigenvalue weighted by Gasteiger charge is -2.33. The number of benzene rings is 1. The van der Waals surface area contributed by atoms with Gasteiger partial charge in [0.25, 0.3) is 0 Å². The SMILES string of the molecule is CCc1nc(-c2ccc(Cl)cc2Cl)c(CC)nc1N[C@@H]1c2ccsc2CCC1CC. The van der Waals surface area contributed by atoms with E-state index in [4.69, 9.17) is 33.2 Å². The van der Waals surface area contributed by atoms with Crippen molar-refractivity contribution in [3.05, 3.63) is 61.5 Å². The van der Waals surface area contributed by atoms with Crippen molar-refractivity contribution >= 4 is 40.4 Å². The van der Waals surface area contributed by atoms with Crippen LogP contribution in [0.3, 0.4) is 0 Å². The summed E-state index contributed by atoms with van der Waals surface area (Å²) in [4.78, 5) is 11.6. The number of aryl methyl sites for hydroxylation is 3. The van der Waals surface area contributed by atoms with Gasteiger partial charge in [0.2, 0.25) is 0 Å². The Labute approximate surface area is 192 Å². The predicted molar refractivity (Wildman–Crippen MR) is 129 cm³/mol. The molecule has 0 saturated carbocycles. The zero-order valence-corrected chi connectivity index (χ0v) is 20.0. The lowest BCUT2D eigenvalue weighted by Crippen LogP contribution is -2.26. The normalized spacial score (nSPS) is 18.3. The molecule has 0 bridgehead atoms. The van der Waals surface area contributed by atoms with Crippen LogP contribution in [0.2, 0.25) is 10.0 Å². The Morgan fingerprint density at radius 3 is 2.57 bits per heavy atom. The van der Waals surface area contributed by atoms with Crippen molar-refractivity contribution in [3.8, 4) is 11.3 Å². The van der Waals surface area contributed by atoms with Crippen molar-refractivity contribution in [2.75, 3.05) is 5.32 Å². The van der Waals surface area contributed by atoms with Crippen molar-refractivity contribution in [1.82, 2.24) is 9.97 Å². The molecule has 1 unspecified atom stereocenters. The summed E-state index contributed by atoms with van der Waals surface area (Å²) in [6, 6.07) is 8.13. The van der Waals surface area contributed by atoms with E-state index in [2.05, 4.69) is 37.5 Å². The molecule has 2 heterocycles. The third-order valence-electron chi connectivity index (χ3n) is 6.04. The highest BCUT2D eigenvalue weighted by molar-refractivity contribution is 7.10. The summed E-state index contributed by atoms with van der Waals surface area (Å²) in [5.41, 5.74) is 5.10. The molecular weight excluding hydrogens is 433 g/mol. The molecule has 3 aromatic rings. The smallest absolute Gasteiger partial charge is 0.148 e. The van der Waals surface area contributed by atoms with Gasteiger partial charge in [0.1, 0.15) is 5.82 Å². The van der Waals surface area contributed by atoms with Gasteiger partial charge in [-0.15, -0.1) is 11.3 Å². The van der Waals surface area contributed by atoms with E-state index in [9.17, 15) is 0 Å². The Balaban J connectivity index is 1.76. The highest BCUT2D eigenvalue weighted by Crippen LogP contribution is 2.41. The average molecular weight is 460 g/mol. The molecule has 158 valence electrons. The third kappa shape index (κ3) is 4.10. The van der Waals surface area contributed by atoms with Crippen LogP contribution in [0, 0.1) is 5.92 Å². The maximum Gasteiger partial charge on any atom is 0.148 e. The number of nitrogens with one attached hydrogen (secondary N) is 1. The van der Waals surface area contributed by atoms with E-state index in [1.807, 2.05) is 23.5 Å². The van der Waals surface area contributed by atoms with Crippen molar-refractivity contribution in [2.45, 2.75) is 58.9 Å². The Bertz CT molecular complexity index is 1050. The van der Waals surface area contributed by atoms with Crippen LogP contribution in [0.4, 0.5) is 5.82 Å². The predicted octanol–water partition coefficient (Wildman–Crippen LogP) is 7.76. The fourth-order valence-electron chi connectivity index (χ4n) is 4.36. The molecular formula is C24H27Cl2N3S. The van der Waals surface area contributed by atoms with E-state index in [0.717, 1.165) is 47.7 Å². The summed E-state index contributed by atoms with van der Waals surface area (Å²) >= 11 is 14.5. The molecule has 1 aromatic carbocycles. The molecule has 30 heavy (non-hydrogen) atoms. The summed E-state index contributed by atoms with van der Waals surface area (Å²) in [7, 11) is 0. The number of halogens is 2. The lowest BCUT2D eigenvalue weighted by atomic mass is 9.82. The summed E-state index contributed by atoms with van der Waals surface area (Å²) < 4.78 is 0. The standard InChI is InChI=1S/C24H27Cl2N3S/c1-4-14-7-10-21-17(11-12-30-21)22(14)29-24-20(6-3)27-23(19(5-2)28-24)16-9-8-15(25)13-18(16)26/h8-9,11-14,22H,4-7,10H2,1-3H3,(H,28,29)/t14?,22-/m0/s1. The molecule has 3 nitrogen and oxygen atoms in total. The van der Waals surface area contributed by atoms with E-state index < -0.39 is 0 Å². The molecule has 0 amide bonds. The quantitative estimate of drug-likeness (QED) is 0.408. The Morgan fingerprint density at radius 1 is 1.07 bits per heavy atom. The van der Waals surface area contributed by atoms with Gasteiger partial charge >= 0.3 is 0 Å². The highest BCUT2D eigenvalue weighted by atomic mass is 35.5. The molecule has 6 heteroatoms. The van der Waals surface area contributed by atoms with Gasteiger partial charge < -0.3 is 5.32 Å². The molecule has 0 fully saturated rings. The van der Waals surface area contributed by atoms with Gasteiger partial charge in [0, 0.05) is 15.5 Å². The Kier molecular flexibility index (Phi) is 6.66. The maximum absolute atomic E-state index is 6.50.